The number of ketones is 1. The summed E-state index contributed by atoms with van der Waals surface area (Å²) in [6.07, 6.45) is 7.32. The Morgan fingerprint density at radius 2 is 1.76 bits per heavy atom. The largest absolute Gasteiger partial charge is 0.390 e. The molecule has 1 N–H and O–H groups in total. The SMILES string of the molecule is C[C@@]1(O)CC[C@@]2(F)[C@H](CC[C@H]3[C@@H]4CC[C@H](C(=O)Cn5nc6ccccc6n5)[C@@]4(C)CC[C@@H]32)C1. The van der Waals surface area contributed by atoms with Crippen LogP contribution in [0.5, 0.6) is 0 Å². The van der Waals surface area contributed by atoms with Gasteiger partial charge in [-0.1, -0.05) is 19.1 Å². The van der Waals surface area contributed by atoms with Crippen molar-refractivity contribution in [3.05, 3.63) is 24.3 Å². The number of nitrogens with zero attached hydrogens (tertiary/aromatic N) is 3. The minimum Gasteiger partial charge on any atom is -0.390 e. The Bertz CT molecular complexity index is 1050. The number of fused-ring (bicyclic) bond motifs is 6. The summed E-state index contributed by atoms with van der Waals surface area (Å²) >= 11 is 0. The molecule has 1 aromatic carbocycles. The first-order valence-corrected chi connectivity index (χ1v) is 12.9. The van der Waals surface area contributed by atoms with Gasteiger partial charge in [0.2, 0.25) is 0 Å². The molecule has 2 aromatic rings. The summed E-state index contributed by atoms with van der Waals surface area (Å²) in [7, 11) is 0. The highest BCUT2D eigenvalue weighted by Crippen LogP contribution is 2.66. The lowest BCUT2D eigenvalue weighted by molar-refractivity contribution is -0.166. The summed E-state index contributed by atoms with van der Waals surface area (Å²) in [6, 6.07) is 7.71. The number of rotatable bonds is 3. The lowest BCUT2D eigenvalue weighted by Gasteiger charge is -2.59. The average Bonchev–Trinajstić information content (AvgIpc) is 3.34. The quantitative estimate of drug-likeness (QED) is 0.701. The Labute approximate surface area is 195 Å². The summed E-state index contributed by atoms with van der Waals surface area (Å²) in [5.74, 6) is 1.12. The van der Waals surface area contributed by atoms with Crippen molar-refractivity contribution in [2.24, 2.45) is 35.0 Å². The third-order valence-electron chi connectivity index (χ3n) is 10.3. The summed E-state index contributed by atoms with van der Waals surface area (Å²) in [4.78, 5) is 15.0. The molecule has 4 fully saturated rings. The van der Waals surface area contributed by atoms with Crippen molar-refractivity contribution in [3.63, 3.8) is 0 Å². The number of halogens is 1. The van der Waals surface area contributed by atoms with Gasteiger partial charge in [0.25, 0.3) is 0 Å². The zero-order valence-electron chi connectivity index (χ0n) is 19.8. The molecule has 4 aliphatic rings. The topological polar surface area (TPSA) is 68.0 Å². The predicted octanol–water partition coefficient (Wildman–Crippen LogP) is 5.11. The molecule has 0 radical (unpaired) electrons. The first-order chi connectivity index (χ1) is 15.7. The van der Waals surface area contributed by atoms with Gasteiger partial charge in [-0.2, -0.15) is 15.0 Å². The molecule has 8 atom stereocenters. The van der Waals surface area contributed by atoms with Gasteiger partial charge in [-0.25, -0.2) is 4.39 Å². The van der Waals surface area contributed by atoms with Gasteiger partial charge in [0, 0.05) is 5.92 Å². The van der Waals surface area contributed by atoms with Crippen LogP contribution in [0.3, 0.4) is 0 Å². The standard InChI is InChI=1S/C27H36FN3O2/c1-25(33)13-14-27(28)17(15-25)7-8-18-19-9-10-21(26(19,2)12-11-20(18)27)24(32)16-31-29-22-5-3-4-6-23(22)30-31/h3-6,17-21,33H,7-16H2,1-2H3/t17-,18+,19+,20+,21-,25-,26+,27-/m1/s1. The van der Waals surface area contributed by atoms with Crippen molar-refractivity contribution in [3.8, 4) is 0 Å². The maximum absolute atomic E-state index is 16.5. The molecule has 178 valence electrons. The zero-order chi connectivity index (χ0) is 23.0. The fourth-order valence-electron chi connectivity index (χ4n) is 8.73. The third-order valence-corrected chi connectivity index (χ3v) is 10.3. The van der Waals surface area contributed by atoms with Gasteiger partial charge in [0.15, 0.2) is 5.78 Å². The normalized spacial score (nSPS) is 44.8. The van der Waals surface area contributed by atoms with Gasteiger partial charge in [-0.05, 0) is 106 Å². The van der Waals surface area contributed by atoms with E-state index < -0.39 is 11.3 Å². The molecule has 0 spiro atoms. The highest BCUT2D eigenvalue weighted by Gasteiger charge is 2.63. The number of carbonyl (C=O) groups excluding carboxylic acids is 1. The van der Waals surface area contributed by atoms with E-state index in [-0.39, 0.29) is 35.5 Å². The van der Waals surface area contributed by atoms with Gasteiger partial charge in [-0.15, -0.1) is 0 Å². The Morgan fingerprint density at radius 3 is 2.48 bits per heavy atom. The summed E-state index contributed by atoms with van der Waals surface area (Å²) in [5, 5.41) is 19.6. The number of aromatic nitrogens is 3. The van der Waals surface area contributed by atoms with E-state index in [1.165, 1.54) is 0 Å². The van der Waals surface area contributed by atoms with E-state index in [9.17, 15) is 9.90 Å². The second kappa shape index (κ2) is 7.34. The predicted molar refractivity (Wildman–Crippen MR) is 124 cm³/mol. The Morgan fingerprint density at radius 1 is 1.03 bits per heavy atom. The highest BCUT2D eigenvalue weighted by atomic mass is 19.1. The molecule has 6 rings (SSSR count). The Hall–Kier alpha value is -1.82. The number of benzene rings is 1. The molecule has 0 unspecified atom stereocenters. The Kier molecular flexibility index (Phi) is 4.82. The smallest absolute Gasteiger partial charge is 0.159 e. The van der Waals surface area contributed by atoms with Crippen molar-refractivity contribution in [2.75, 3.05) is 0 Å². The second-order valence-corrected chi connectivity index (χ2v) is 12.1. The monoisotopic (exact) mass is 453 g/mol. The summed E-state index contributed by atoms with van der Waals surface area (Å²) in [6.45, 7) is 4.40. The number of alkyl halides is 1. The van der Waals surface area contributed by atoms with Crippen molar-refractivity contribution >= 4 is 16.8 Å². The fourth-order valence-corrected chi connectivity index (χ4v) is 8.73. The molecule has 1 heterocycles. The lowest BCUT2D eigenvalue weighted by atomic mass is 9.48. The van der Waals surface area contributed by atoms with Crippen LogP contribution in [-0.2, 0) is 11.3 Å². The van der Waals surface area contributed by atoms with E-state index in [0.29, 0.717) is 31.1 Å². The van der Waals surface area contributed by atoms with Crippen molar-refractivity contribution in [2.45, 2.75) is 89.4 Å². The van der Waals surface area contributed by atoms with Crippen LogP contribution in [-0.4, -0.2) is 37.2 Å². The van der Waals surface area contributed by atoms with Crippen LogP contribution in [0.4, 0.5) is 4.39 Å². The molecular formula is C27H36FN3O2. The number of hydrogen-bond donors (Lipinski definition) is 1. The molecular weight excluding hydrogens is 417 g/mol. The van der Waals surface area contributed by atoms with Crippen molar-refractivity contribution in [1.82, 2.24) is 15.0 Å². The van der Waals surface area contributed by atoms with E-state index in [1.807, 2.05) is 31.2 Å². The van der Waals surface area contributed by atoms with Crippen LogP contribution in [0.1, 0.15) is 71.6 Å². The molecule has 33 heavy (non-hydrogen) atoms. The third kappa shape index (κ3) is 3.30. The second-order valence-electron chi connectivity index (χ2n) is 12.1. The van der Waals surface area contributed by atoms with Crippen LogP contribution in [0.15, 0.2) is 24.3 Å². The maximum Gasteiger partial charge on any atom is 0.159 e. The maximum atomic E-state index is 16.5. The molecule has 4 aliphatic carbocycles. The highest BCUT2D eigenvalue weighted by molar-refractivity contribution is 5.82. The van der Waals surface area contributed by atoms with Crippen LogP contribution in [0.2, 0.25) is 0 Å². The van der Waals surface area contributed by atoms with Gasteiger partial charge >= 0.3 is 0 Å². The number of Topliss-reactive ketones (excluding diaryl/α,β-unsaturated/α-hetero) is 1. The van der Waals surface area contributed by atoms with E-state index in [4.69, 9.17) is 0 Å². The number of carbonyl (C=O) groups is 1. The lowest BCUT2D eigenvalue weighted by Crippen LogP contribution is -2.58. The summed E-state index contributed by atoms with van der Waals surface area (Å²) < 4.78 is 16.5. The van der Waals surface area contributed by atoms with Crippen LogP contribution in [0, 0.1) is 35.0 Å². The molecule has 0 saturated heterocycles. The van der Waals surface area contributed by atoms with Crippen molar-refractivity contribution < 1.29 is 14.3 Å². The van der Waals surface area contributed by atoms with Gasteiger partial charge < -0.3 is 5.11 Å². The summed E-state index contributed by atoms with van der Waals surface area (Å²) in [5.41, 5.74) is -0.260. The zero-order valence-corrected chi connectivity index (χ0v) is 19.8. The molecule has 5 nitrogen and oxygen atoms in total. The molecule has 0 aliphatic heterocycles. The molecule has 4 saturated carbocycles. The molecule has 6 heteroatoms. The minimum atomic E-state index is -1.13. The molecule has 0 bridgehead atoms. The van der Waals surface area contributed by atoms with Gasteiger partial charge in [-0.3, -0.25) is 4.79 Å². The molecule has 1 aromatic heterocycles. The van der Waals surface area contributed by atoms with Crippen molar-refractivity contribution in [1.29, 1.82) is 0 Å². The van der Waals surface area contributed by atoms with Crippen LogP contribution in [0.25, 0.3) is 11.0 Å². The fraction of sp³-hybridized carbons (Fsp3) is 0.741. The Balaban J connectivity index is 1.21. The van der Waals surface area contributed by atoms with E-state index in [1.54, 1.807) is 4.80 Å². The molecule has 0 amide bonds. The first-order valence-electron chi connectivity index (χ1n) is 12.9. The first kappa shape index (κ1) is 21.7. The number of aliphatic hydroxyl groups is 1. The van der Waals surface area contributed by atoms with Crippen LogP contribution < -0.4 is 0 Å². The van der Waals surface area contributed by atoms with Gasteiger partial charge in [0.05, 0.1) is 5.60 Å². The van der Waals surface area contributed by atoms with Crippen LogP contribution >= 0.6 is 0 Å². The van der Waals surface area contributed by atoms with E-state index >= 15 is 4.39 Å². The van der Waals surface area contributed by atoms with Gasteiger partial charge in [0.1, 0.15) is 23.2 Å². The average molecular weight is 454 g/mol. The van der Waals surface area contributed by atoms with E-state index in [0.717, 1.165) is 49.6 Å². The number of hydrogen-bond acceptors (Lipinski definition) is 4. The minimum absolute atomic E-state index is 0.00860. The van der Waals surface area contributed by atoms with E-state index in [2.05, 4.69) is 17.1 Å².